The summed E-state index contributed by atoms with van der Waals surface area (Å²) in [6.07, 6.45) is 6.56. The van der Waals surface area contributed by atoms with Crippen LogP contribution in [-0.4, -0.2) is 0 Å². The van der Waals surface area contributed by atoms with E-state index in [4.69, 9.17) is 4.42 Å². The van der Waals surface area contributed by atoms with Crippen molar-refractivity contribution in [2.24, 2.45) is 0 Å². The zero-order chi connectivity index (χ0) is 31.9. The summed E-state index contributed by atoms with van der Waals surface area (Å²) in [6.45, 7) is 0. The summed E-state index contributed by atoms with van der Waals surface area (Å²) >= 11 is 0. The van der Waals surface area contributed by atoms with E-state index in [0.717, 1.165) is 33.3 Å². The van der Waals surface area contributed by atoms with Crippen LogP contribution in [-0.2, 0) is 0 Å². The monoisotopic (exact) mass is 619 g/mol. The highest BCUT2D eigenvalue weighted by atomic mass is 16.3. The van der Waals surface area contributed by atoms with Gasteiger partial charge >= 0.3 is 0 Å². The van der Waals surface area contributed by atoms with Gasteiger partial charge in [-0.15, -0.1) is 0 Å². The molecule has 1 fully saturated rings. The third-order valence-corrected chi connectivity index (χ3v) is 10.3. The lowest BCUT2D eigenvalue weighted by Gasteiger charge is -2.29. The molecule has 0 aliphatic heterocycles. The quantitative estimate of drug-likeness (QED) is 0.184. The molecule has 0 radical (unpaired) electrons. The zero-order valence-corrected chi connectivity index (χ0v) is 27.0. The maximum Gasteiger partial charge on any atom is 0.136 e. The topological polar surface area (TPSA) is 16.4 Å². The second kappa shape index (κ2) is 12.2. The number of rotatable bonds is 6. The molecule has 2 nitrogen and oxygen atoms in total. The molecule has 1 aromatic heterocycles. The lowest BCUT2D eigenvalue weighted by Crippen LogP contribution is -2.11. The minimum absolute atomic E-state index is 0.616. The van der Waals surface area contributed by atoms with E-state index in [0.29, 0.717) is 5.92 Å². The number of hydrogen-bond acceptors (Lipinski definition) is 2. The summed E-state index contributed by atoms with van der Waals surface area (Å²) in [5.41, 5.74) is 11.7. The molecule has 7 aromatic carbocycles. The van der Waals surface area contributed by atoms with Crippen LogP contribution < -0.4 is 4.90 Å². The second-order valence-corrected chi connectivity index (χ2v) is 13.1. The Labute approximate surface area is 281 Å². The molecule has 0 N–H and O–H groups in total. The molecule has 2 heteroatoms. The number of para-hydroxylation sites is 3. The van der Waals surface area contributed by atoms with Crippen LogP contribution in [0.3, 0.4) is 0 Å². The Balaban J connectivity index is 1.20. The number of fused-ring (bicyclic) bond motifs is 4. The number of hydrogen-bond donors (Lipinski definition) is 0. The Kier molecular flexibility index (Phi) is 7.28. The van der Waals surface area contributed by atoms with Crippen molar-refractivity contribution in [2.75, 3.05) is 4.90 Å². The predicted octanol–water partition coefficient (Wildman–Crippen LogP) is 13.6. The van der Waals surface area contributed by atoms with Crippen LogP contribution in [0.2, 0.25) is 0 Å². The Morgan fingerprint density at radius 3 is 1.96 bits per heavy atom. The fraction of sp³-hybridized carbons (Fsp3) is 0.130. The molecule has 1 aliphatic carbocycles. The van der Waals surface area contributed by atoms with Crippen molar-refractivity contribution in [2.45, 2.75) is 38.0 Å². The van der Waals surface area contributed by atoms with Gasteiger partial charge in [0, 0.05) is 27.7 Å². The summed E-state index contributed by atoms with van der Waals surface area (Å²) in [4.78, 5) is 2.41. The van der Waals surface area contributed by atoms with E-state index >= 15 is 0 Å². The largest absolute Gasteiger partial charge is 0.456 e. The first-order valence-electron chi connectivity index (χ1n) is 17.3. The summed E-state index contributed by atoms with van der Waals surface area (Å²) < 4.78 is 6.22. The van der Waals surface area contributed by atoms with Crippen LogP contribution in [0.25, 0.3) is 55.0 Å². The molecule has 9 rings (SSSR count). The third-order valence-electron chi connectivity index (χ3n) is 10.3. The van der Waals surface area contributed by atoms with Gasteiger partial charge in [-0.1, -0.05) is 135 Å². The Morgan fingerprint density at radius 1 is 0.458 bits per heavy atom. The van der Waals surface area contributed by atoms with E-state index in [1.807, 2.05) is 12.1 Å². The average Bonchev–Trinajstić information content (AvgIpc) is 3.55. The van der Waals surface area contributed by atoms with Gasteiger partial charge < -0.3 is 9.32 Å². The van der Waals surface area contributed by atoms with Crippen molar-refractivity contribution in [1.29, 1.82) is 0 Å². The van der Waals surface area contributed by atoms with Crippen molar-refractivity contribution < 1.29 is 4.42 Å². The number of furan rings is 1. The number of nitrogens with zero attached hydrogens (tertiary/aromatic N) is 1. The molecule has 1 heterocycles. The highest BCUT2D eigenvalue weighted by molar-refractivity contribution is 6.12. The van der Waals surface area contributed by atoms with Gasteiger partial charge in [0.05, 0.1) is 5.69 Å². The van der Waals surface area contributed by atoms with Crippen LogP contribution in [0.1, 0.15) is 43.6 Å². The Morgan fingerprint density at radius 2 is 1.10 bits per heavy atom. The number of anilines is 3. The Hall–Kier alpha value is -5.60. The first-order chi connectivity index (χ1) is 23.8. The molecule has 0 atom stereocenters. The first-order valence-corrected chi connectivity index (χ1v) is 17.3. The van der Waals surface area contributed by atoms with Gasteiger partial charge in [0.1, 0.15) is 11.2 Å². The third kappa shape index (κ3) is 4.96. The first kappa shape index (κ1) is 28.6. The molecular weight excluding hydrogens is 583 g/mol. The lowest BCUT2D eigenvalue weighted by molar-refractivity contribution is 0.445. The minimum Gasteiger partial charge on any atom is -0.456 e. The summed E-state index contributed by atoms with van der Waals surface area (Å²) in [5.74, 6) is 0.616. The van der Waals surface area contributed by atoms with Crippen molar-refractivity contribution in [3.8, 4) is 22.3 Å². The molecule has 0 spiro atoms. The molecule has 0 unspecified atom stereocenters. The van der Waals surface area contributed by atoms with E-state index in [-0.39, 0.29) is 0 Å². The van der Waals surface area contributed by atoms with Gasteiger partial charge in [0.2, 0.25) is 0 Å². The van der Waals surface area contributed by atoms with Gasteiger partial charge in [-0.05, 0) is 94.3 Å². The average molecular weight is 620 g/mol. The fourth-order valence-electron chi connectivity index (χ4n) is 8.05. The highest BCUT2D eigenvalue weighted by Crippen LogP contribution is 2.46. The van der Waals surface area contributed by atoms with Gasteiger partial charge in [0.25, 0.3) is 0 Å². The van der Waals surface area contributed by atoms with E-state index in [2.05, 4.69) is 150 Å². The summed E-state index contributed by atoms with van der Waals surface area (Å²) in [6, 6.07) is 57.2. The van der Waals surface area contributed by atoms with Gasteiger partial charge in [0.15, 0.2) is 0 Å². The van der Waals surface area contributed by atoms with E-state index in [1.165, 1.54) is 76.4 Å². The molecular formula is C46H37NO. The van der Waals surface area contributed by atoms with Crippen LogP contribution >= 0.6 is 0 Å². The van der Waals surface area contributed by atoms with Crippen molar-refractivity contribution in [1.82, 2.24) is 0 Å². The molecule has 0 amide bonds. The van der Waals surface area contributed by atoms with Crippen LogP contribution in [0.15, 0.2) is 162 Å². The normalized spacial score (nSPS) is 13.8. The number of benzene rings is 7. The fourth-order valence-corrected chi connectivity index (χ4v) is 8.05. The van der Waals surface area contributed by atoms with Crippen molar-refractivity contribution in [3.05, 3.63) is 163 Å². The smallest absolute Gasteiger partial charge is 0.136 e. The Bertz CT molecular complexity index is 2370. The van der Waals surface area contributed by atoms with Gasteiger partial charge in [-0.25, -0.2) is 0 Å². The van der Waals surface area contributed by atoms with Gasteiger partial charge in [-0.2, -0.15) is 0 Å². The van der Waals surface area contributed by atoms with Crippen LogP contribution in [0.5, 0.6) is 0 Å². The van der Waals surface area contributed by atoms with E-state index in [1.54, 1.807) is 0 Å². The van der Waals surface area contributed by atoms with Crippen LogP contribution in [0, 0.1) is 0 Å². The predicted molar refractivity (Wildman–Crippen MR) is 203 cm³/mol. The van der Waals surface area contributed by atoms with E-state index in [9.17, 15) is 0 Å². The van der Waals surface area contributed by atoms with Crippen molar-refractivity contribution >= 4 is 49.8 Å². The zero-order valence-electron chi connectivity index (χ0n) is 27.0. The maximum atomic E-state index is 6.22. The van der Waals surface area contributed by atoms with E-state index < -0.39 is 0 Å². The summed E-state index contributed by atoms with van der Waals surface area (Å²) in [7, 11) is 0. The molecule has 0 saturated heterocycles. The lowest BCUT2D eigenvalue weighted by atomic mass is 9.80. The maximum absolute atomic E-state index is 6.22. The summed E-state index contributed by atoms with van der Waals surface area (Å²) in [5, 5.41) is 5.04. The SMILES string of the molecule is c1ccc(N(c2ccc(-c3cccc4oc5ccccc5c34)cc2)c2ccccc2-c2cccc3cccc(C4CCCCC4)c23)cc1. The van der Waals surface area contributed by atoms with Gasteiger partial charge in [-0.3, -0.25) is 0 Å². The van der Waals surface area contributed by atoms with Crippen LogP contribution in [0.4, 0.5) is 17.1 Å². The molecule has 232 valence electrons. The molecule has 8 aromatic rings. The molecule has 0 bridgehead atoms. The molecule has 48 heavy (non-hydrogen) atoms. The second-order valence-electron chi connectivity index (χ2n) is 13.1. The molecule has 1 aliphatic rings. The highest BCUT2D eigenvalue weighted by Gasteiger charge is 2.22. The minimum atomic E-state index is 0.616. The molecule has 1 saturated carbocycles. The standard InChI is InChI=1S/C46H37NO/c1-3-14-32(15-4-1)37-22-11-16-34-17-12-24-40(45(34)37)39-20-7-9-25-42(39)47(35-18-5-2-6-19-35)36-30-28-33(29-31-36)38-23-13-27-44-46(38)41-21-8-10-26-43(41)48-44/h2,5-13,16-32H,1,3-4,14-15H2. The van der Waals surface area contributed by atoms with Crippen molar-refractivity contribution in [3.63, 3.8) is 0 Å².